The number of thioether (sulfide) groups is 1. The van der Waals surface area contributed by atoms with Gasteiger partial charge in [0.1, 0.15) is 11.3 Å². The van der Waals surface area contributed by atoms with Gasteiger partial charge < -0.3 is 4.74 Å². The van der Waals surface area contributed by atoms with Crippen molar-refractivity contribution in [3.05, 3.63) is 125 Å². The van der Waals surface area contributed by atoms with Crippen molar-refractivity contribution >= 4 is 35.0 Å². The molecule has 0 aliphatic carbocycles. The zero-order chi connectivity index (χ0) is 23.1. The van der Waals surface area contributed by atoms with Gasteiger partial charge in [-0.25, -0.2) is 0 Å². The molecule has 0 aromatic heterocycles. The van der Waals surface area contributed by atoms with Gasteiger partial charge in [-0.2, -0.15) is 0 Å². The Labute approximate surface area is 208 Å². The van der Waals surface area contributed by atoms with Gasteiger partial charge in [-0.3, -0.25) is 9.69 Å². The number of carbonyl (C=O) groups excluding carboxylic acids is 1. The second-order valence-corrected chi connectivity index (χ2v) is 10.2. The van der Waals surface area contributed by atoms with Crippen LogP contribution < -0.4 is 9.64 Å². The average Bonchev–Trinajstić information content (AvgIpc) is 3.02. The molecular weight excluding hydrogens is 462 g/mol. The molecule has 3 atom stereocenters. The summed E-state index contributed by atoms with van der Waals surface area (Å²) >= 11 is 8.46. The number of anilines is 1. The lowest BCUT2D eigenvalue weighted by Gasteiger charge is -2.57. The van der Waals surface area contributed by atoms with E-state index in [1.165, 1.54) is 0 Å². The van der Waals surface area contributed by atoms with Crippen LogP contribution in [0.1, 0.15) is 22.8 Å². The highest BCUT2D eigenvalue weighted by Crippen LogP contribution is 2.60. The summed E-state index contributed by atoms with van der Waals surface area (Å²) in [7, 11) is 0. The molecule has 2 heterocycles. The lowest BCUT2D eigenvalue weighted by molar-refractivity contribution is -0.142. The van der Waals surface area contributed by atoms with E-state index in [1.807, 2.05) is 89.8 Å². The Hall–Kier alpha value is -3.21. The Kier molecular flexibility index (Phi) is 5.35. The Morgan fingerprint density at radius 1 is 0.824 bits per heavy atom. The van der Waals surface area contributed by atoms with Crippen LogP contribution in [-0.2, 0) is 10.3 Å². The van der Waals surface area contributed by atoms with Crippen molar-refractivity contribution in [2.24, 2.45) is 0 Å². The van der Waals surface area contributed by atoms with E-state index in [9.17, 15) is 4.79 Å². The third kappa shape index (κ3) is 3.32. The standard InChI is InChI=1S/C29H22ClNO2S/c30-23-16-8-7-15-22(23)26-19-29(20-11-3-1-4-12-20)27(33-21-13-5-2-6-14-21)28(32)31(29)24-17-9-10-18-25(24)34-26/h1-18,26-27H,19H2/t26-,27-,29-/m0/s1. The fourth-order valence-corrected chi connectivity index (χ4v) is 6.88. The van der Waals surface area contributed by atoms with Gasteiger partial charge in [-0.15, -0.1) is 11.8 Å². The van der Waals surface area contributed by atoms with Gasteiger partial charge in [0, 0.05) is 15.2 Å². The minimum absolute atomic E-state index is 0.0273. The first-order valence-electron chi connectivity index (χ1n) is 11.3. The highest BCUT2D eigenvalue weighted by Gasteiger charge is 2.65. The van der Waals surface area contributed by atoms with Crippen LogP contribution in [0.5, 0.6) is 5.75 Å². The summed E-state index contributed by atoms with van der Waals surface area (Å²) in [4.78, 5) is 16.8. The molecule has 4 aromatic carbocycles. The van der Waals surface area contributed by atoms with Gasteiger partial charge >= 0.3 is 0 Å². The molecule has 0 saturated carbocycles. The van der Waals surface area contributed by atoms with E-state index in [0.717, 1.165) is 26.7 Å². The molecule has 0 bridgehead atoms. The second-order valence-electron chi connectivity index (χ2n) is 8.57. The van der Waals surface area contributed by atoms with Crippen LogP contribution in [-0.4, -0.2) is 12.0 Å². The van der Waals surface area contributed by atoms with Crippen LogP contribution in [0.4, 0.5) is 5.69 Å². The molecule has 3 nitrogen and oxygen atoms in total. The highest BCUT2D eigenvalue weighted by molar-refractivity contribution is 7.99. The van der Waals surface area contributed by atoms with Crippen LogP contribution in [0, 0.1) is 0 Å². The number of ether oxygens (including phenoxy) is 1. The van der Waals surface area contributed by atoms with Gasteiger partial charge in [-0.05, 0) is 47.9 Å². The Morgan fingerprint density at radius 2 is 1.47 bits per heavy atom. The van der Waals surface area contributed by atoms with Crippen molar-refractivity contribution < 1.29 is 9.53 Å². The number of nitrogens with zero attached hydrogens (tertiary/aromatic N) is 1. The number of carbonyl (C=O) groups is 1. The highest BCUT2D eigenvalue weighted by atomic mass is 35.5. The number of benzene rings is 4. The fourth-order valence-electron chi connectivity index (χ4n) is 5.14. The number of rotatable bonds is 4. The van der Waals surface area contributed by atoms with Crippen LogP contribution in [0.2, 0.25) is 5.02 Å². The molecule has 0 radical (unpaired) electrons. The average molecular weight is 484 g/mol. The van der Waals surface area contributed by atoms with Crippen molar-refractivity contribution in [3.63, 3.8) is 0 Å². The first-order valence-corrected chi connectivity index (χ1v) is 12.6. The number of fused-ring (bicyclic) bond motifs is 3. The Bertz CT molecular complexity index is 1350. The first-order chi connectivity index (χ1) is 16.7. The minimum atomic E-state index is -0.669. The number of amides is 1. The van der Waals surface area contributed by atoms with Crippen LogP contribution in [0.25, 0.3) is 0 Å². The second kappa shape index (κ2) is 8.53. The Morgan fingerprint density at radius 3 is 2.24 bits per heavy atom. The summed E-state index contributed by atoms with van der Waals surface area (Å²) in [6.45, 7) is 0. The predicted molar refractivity (Wildman–Crippen MR) is 138 cm³/mol. The molecule has 5 heteroatoms. The molecule has 34 heavy (non-hydrogen) atoms. The van der Waals surface area contributed by atoms with Gasteiger partial charge in [0.25, 0.3) is 5.91 Å². The van der Waals surface area contributed by atoms with Gasteiger partial charge in [0.15, 0.2) is 0 Å². The van der Waals surface area contributed by atoms with E-state index in [-0.39, 0.29) is 11.2 Å². The molecule has 1 fully saturated rings. The van der Waals surface area contributed by atoms with Crippen molar-refractivity contribution in [3.8, 4) is 5.75 Å². The molecule has 2 aliphatic rings. The van der Waals surface area contributed by atoms with E-state index in [0.29, 0.717) is 12.2 Å². The first kappa shape index (κ1) is 21.3. The van der Waals surface area contributed by atoms with Crippen molar-refractivity contribution in [2.45, 2.75) is 28.2 Å². The summed E-state index contributed by atoms with van der Waals surface area (Å²) in [5.41, 5.74) is 2.38. The van der Waals surface area contributed by atoms with E-state index in [2.05, 4.69) is 24.3 Å². The molecule has 6 rings (SSSR count). The minimum Gasteiger partial charge on any atom is -0.478 e. The molecular formula is C29H22ClNO2S. The van der Waals surface area contributed by atoms with Gasteiger partial charge in [-0.1, -0.05) is 90.5 Å². The van der Waals surface area contributed by atoms with Crippen LogP contribution >= 0.6 is 23.4 Å². The number of halogens is 1. The Balaban J connectivity index is 1.56. The van der Waals surface area contributed by atoms with E-state index < -0.39 is 11.6 Å². The lowest BCUT2D eigenvalue weighted by atomic mass is 9.70. The largest absolute Gasteiger partial charge is 0.478 e. The topological polar surface area (TPSA) is 29.5 Å². The number of hydrogen-bond donors (Lipinski definition) is 0. The maximum absolute atomic E-state index is 13.8. The molecule has 168 valence electrons. The van der Waals surface area contributed by atoms with Gasteiger partial charge in [0.2, 0.25) is 6.10 Å². The third-order valence-corrected chi connectivity index (χ3v) is 8.32. The van der Waals surface area contributed by atoms with Crippen molar-refractivity contribution in [1.82, 2.24) is 0 Å². The molecule has 4 aromatic rings. The molecule has 1 saturated heterocycles. The van der Waals surface area contributed by atoms with Crippen molar-refractivity contribution in [1.29, 1.82) is 0 Å². The summed E-state index contributed by atoms with van der Waals surface area (Å²) in [5, 5.41) is 0.773. The van der Waals surface area contributed by atoms with E-state index in [1.54, 1.807) is 11.8 Å². The quantitative estimate of drug-likeness (QED) is 0.286. The van der Waals surface area contributed by atoms with Crippen molar-refractivity contribution in [2.75, 3.05) is 4.90 Å². The third-order valence-electron chi connectivity index (χ3n) is 6.67. The zero-order valence-electron chi connectivity index (χ0n) is 18.3. The maximum Gasteiger partial charge on any atom is 0.271 e. The summed E-state index contributed by atoms with van der Waals surface area (Å²) in [6.07, 6.45) is 0.0256. The molecule has 0 unspecified atom stereocenters. The fraction of sp³-hybridized carbons (Fsp3) is 0.138. The van der Waals surface area contributed by atoms with Crippen LogP contribution in [0.3, 0.4) is 0 Å². The monoisotopic (exact) mass is 483 g/mol. The molecule has 0 N–H and O–H groups in total. The smallest absolute Gasteiger partial charge is 0.271 e. The predicted octanol–water partition coefficient (Wildman–Crippen LogP) is 7.27. The lowest BCUT2D eigenvalue weighted by Crippen LogP contribution is -2.74. The molecule has 2 aliphatic heterocycles. The SMILES string of the molecule is O=C1[C@H](Oc2ccccc2)[C@@]2(c3ccccc3)C[C@@H](c3ccccc3Cl)Sc3ccccc3N12. The maximum atomic E-state index is 13.8. The normalized spacial score (nSPS) is 23.3. The zero-order valence-corrected chi connectivity index (χ0v) is 19.9. The van der Waals surface area contributed by atoms with E-state index >= 15 is 0 Å². The summed E-state index contributed by atoms with van der Waals surface area (Å²) in [5.74, 6) is 0.663. The summed E-state index contributed by atoms with van der Waals surface area (Å²) < 4.78 is 6.44. The molecule has 0 spiro atoms. The van der Waals surface area contributed by atoms with Gasteiger partial charge in [0.05, 0.1) is 5.69 Å². The number of hydrogen-bond acceptors (Lipinski definition) is 3. The van der Waals surface area contributed by atoms with Crippen LogP contribution in [0.15, 0.2) is 114 Å². The number of para-hydroxylation sites is 2. The summed E-state index contributed by atoms with van der Waals surface area (Å²) in [6, 6.07) is 36.0. The number of β-lactam (4-membered cyclic amide) rings is 1. The molecule has 1 amide bonds. The van der Waals surface area contributed by atoms with E-state index in [4.69, 9.17) is 16.3 Å².